The molecule has 0 radical (unpaired) electrons. The molecule has 0 aromatic carbocycles. The van der Waals surface area contributed by atoms with Gasteiger partial charge in [-0.25, -0.2) is 0 Å². The molecular weight excluding hydrogens is 154 g/mol. The molecule has 1 heterocycles. The third-order valence-corrected chi connectivity index (χ3v) is 2.08. The molecule has 2 atom stereocenters. The minimum Gasteiger partial charge on any atom is -0.396 e. The van der Waals surface area contributed by atoms with Crippen LogP contribution < -0.4 is 5.32 Å². The van der Waals surface area contributed by atoms with Crippen LogP contribution in [0.5, 0.6) is 0 Å². The molecule has 2 N–H and O–H groups in total. The van der Waals surface area contributed by atoms with Crippen LogP contribution in [0, 0.1) is 5.92 Å². The van der Waals surface area contributed by atoms with Crippen LogP contribution in [-0.4, -0.2) is 38.0 Å². The highest BCUT2D eigenvalue weighted by atomic mass is 16.5. The molecule has 3 nitrogen and oxygen atoms in total. The normalized spacial score (nSPS) is 29.0. The van der Waals surface area contributed by atoms with Gasteiger partial charge in [0.1, 0.15) is 0 Å². The monoisotopic (exact) mass is 175 g/mol. The minimum absolute atomic E-state index is 0.228. The quantitative estimate of drug-likeness (QED) is 0.647. The van der Waals surface area contributed by atoms with E-state index in [1.54, 1.807) is 7.11 Å². The molecule has 0 amide bonds. The predicted molar refractivity (Wildman–Crippen MR) is 50.2 cm³/mol. The molecule has 1 fully saturated rings. The van der Waals surface area contributed by atoms with Crippen LogP contribution in [0.4, 0.5) is 0 Å². The number of piperidine rings is 1. The van der Waals surface area contributed by atoms with Crippen LogP contribution in [-0.2, 0) is 4.74 Å². The summed E-state index contributed by atoms with van der Waals surface area (Å²) in [4.78, 5) is 0. The number of hydrogen-bond donors (Lipinski definition) is 2. The van der Waals surface area contributed by atoms with E-state index in [0.29, 0.717) is 5.92 Å². The van der Waals surface area contributed by atoms with Gasteiger partial charge < -0.3 is 15.2 Å². The number of methoxy groups -OCH3 is 1. The number of nitrogens with one attached hydrogen (secondary N) is 1. The fourth-order valence-corrected chi connectivity index (χ4v) is 1.39. The Hall–Kier alpha value is -0.120. The fraction of sp³-hybridized carbons (Fsp3) is 1.00. The molecule has 0 spiro atoms. The van der Waals surface area contributed by atoms with Crippen LogP contribution in [0.25, 0.3) is 0 Å². The lowest BCUT2D eigenvalue weighted by molar-refractivity contribution is 0.00763. The third-order valence-electron chi connectivity index (χ3n) is 2.08. The van der Waals surface area contributed by atoms with Crippen LogP contribution in [0.3, 0.4) is 0 Å². The van der Waals surface area contributed by atoms with Gasteiger partial charge in [-0.15, -0.1) is 0 Å². The number of ether oxygens (including phenoxy) is 1. The molecule has 74 valence electrons. The van der Waals surface area contributed by atoms with Gasteiger partial charge in [-0.3, -0.25) is 0 Å². The average molecular weight is 175 g/mol. The Kier molecular flexibility index (Phi) is 7.45. The van der Waals surface area contributed by atoms with Gasteiger partial charge in [0.05, 0.1) is 6.10 Å². The molecular formula is C9H21NO2. The SMILES string of the molecule is CC.COC1CCNCC1CO. The van der Waals surface area contributed by atoms with Gasteiger partial charge in [-0.1, -0.05) is 13.8 Å². The fourth-order valence-electron chi connectivity index (χ4n) is 1.39. The summed E-state index contributed by atoms with van der Waals surface area (Å²) < 4.78 is 5.19. The van der Waals surface area contributed by atoms with Crippen molar-refractivity contribution in [3.63, 3.8) is 0 Å². The Morgan fingerprint density at radius 2 is 2.17 bits per heavy atom. The van der Waals surface area contributed by atoms with Gasteiger partial charge in [0.2, 0.25) is 0 Å². The van der Waals surface area contributed by atoms with E-state index in [0.717, 1.165) is 19.5 Å². The Labute approximate surface area is 75.1 Å². The zero-order valence-electron chi connectivity index (χ0n) is 8.34. The first-order valence-corrected chi connectivity index (χ1v) is 4.73. The highest BCUT2D eigenvalue weighted by Gasteiger charge is 2.23. The van der Waals surface area contributed by atoms with Crippen molar-refractivity contribution in [1.82, 2.24) is 5.32 Å². The van der Waals surface area contributed by atoms with Crippen LogP contribution in [0.2, 0.25) is 0 Å². The molecule has 2 unspecified atom stereocenters. The highest BCUT2D eigenvalue weighted by Crippen LogP contribution is 2.12. The summed E-state index contributed by atoms with van der Waals surface area (Å²) in [5, 5.41) is 12.1. The molecule has 12 heavy (non-hydrogen) atoms. The standard InChI is InChI=1S/C7H15NO2.C2H6/c1-10-7-2-3-8-4-6(7)5-9;1-2/h6-9H,2-5H2,1H3;1-2H3. The topological polar surface area (TPSA) is 41.5 Å². The smallest absolute Gasteiger partial charge is 0.0645 e. The number of aliphatic hydroxyl groups excluding tert-OH is 1. The minimum atomic E-state index is 0.228. The Morgan fingerprint density at radius 1 is 1.50 bits per heavy atom. The number of aliphatic hydroxyl groups is 1. The molecule has 3 heteroatoms. The van der Waals surface area contributed by atoms with Crippen LogP contribution >= 0.6 is 0 Å². The van der Waals surface area contributed by atoms with Crippen molar-refractivity contribution in [2.24, 2.45) is 5.92 Å². The molecule has 1 aliphatic rings. The Morgan fingerprint density at radius 3 is 2.58 bits per heavy atom. The first-order chi connectivity index (χ1) is 5.88. The van der Waals surface area contributed by atoms with E-state index in [4.69, 9.17) is 9.84 Å². The first-order valence-electron chi connectivity index (χ1n) is 4.73. The summed E-state index contributed by atoms with van der Waals surface area (Å²) in [6.07, 6.45) is 1.27. The van der Waals surface area contributed by atoms with Gasteiger partial charge in [-0.2, -0.15) is 0 Å². The van der Waals surface area contributed by atoms with Gasteiger partial charge in [-0.05, 0) is 13.0 Å². The lowest BCUT2D eigenvalue weighted by Gasteiger charge is -2.29. The maximum absolute atomic E-state index is 8.87. The second kappa shape index (κ2) is 7.53. The molecule has 0 bridgehead atoms. The summed E-state index contributed by atoms with van der Waals surface area (Å²) in [6, 6.07) is 0. The van der Waals surface area contributed by atoms with Crippen LogP contribution in [0.15, 0.2) is 0 Å². The summed E-state index contributed by atoms with van der Waals surface area (Å²) in [5.74, 6) is 0.291. The van der Waals surface area contributed by atoms with Gasteiger partial charge >= 0.3 is 0 Å². The zero-order valence-corrected chi connectivity index (χ0v) is 8.34. The lowest BCUT2D eigenvalue weighted by Crippen LogP contribution is -2.42. The second-order valence-electron chi connectivity index (χ2n) is 2.71. The maximum Gasteiger partial charge on any atom is 0.0645 e. The van der Waals surface area contributed by atoms with Crippen molar-refractivity contribution in [3.8, 4) is 0 Å². The van der Waals surface area contributed by atoms with E-state index < -0.39 is 0 Å². The van der Waals surface area contributed by atoms with Crippen molar-refractivity contribution < 1.29 is 9.84 Å². The maximum atomic E-state index is 8.87. The molecule has 1 rings (SSSR count). The van der Waals surface area contributed by atoms with E-state index in [-0.39, 0.29) is 12.7 Å². The summed E-state index contributed by atoms with van der Waals surface area (Å²) in [6.45, 7) is 6.12. The van der Waals surface area contributed by atoms with E-state index >= 15 is 0 Å². The molecule has 1 aliphatic heterocycles. The van der Waals surface area contributed by atoms with E-state index in [2.05, 4.69) is 5.32 Å². The van der Waals surface area contributed by atoms with Gasteiger partial charge in [0, 0.05) is 26.2 Å². The van der Waals surface area contributed by atoms with Crippen molar-refractivity contribution in [2.45, 2.75) is 26.4 Å². The second-order valence-corrected chi connectivity index (χ2v) is 2.71. The summed E-state index contributed by atoms with van der Waals surface area (Å²) in [7, 11) is 1.71. The van der Waals surface area contributed by atoms with E-state index in [9.17, 15) is 0 Å². The molecule has 0 aromatic rings. The molecule has 0 aliphatic carbocycles. The van der Waals surface area contributed by atoms with Crippen molar-refractivity contribution >= 4 is 0 Å². The van der Waals surface area contributed by atoms with Crippen molar-refractivity contribution in [3.05, 3.63) is 0 Å². The third kappa shape index (κ3) is 3.52. The highest BCUT2D eigenvalue weighted by molar-refractivity contribution is 4.77. The predicted octanol–water partition coefficient (Wildman–Crippen LogP) is 0.629. The van der Waals surface area contributed by atoms with E-state index in [1.807, 2.05) is 13.8 Å². The molecule has 0 aromatic heterocycles. The summed E-state index contributed by atoms with van der Waals surface area (Å²) >= 11 is 0. The van der Waals surface area contributed by atoms with E-state index in [1.165, 1.54) is 0 Å². The van der Waals surface area contributed by atoms with Gasteiger partial charge in [0.15, 0.2) is 0 Å². The van der Waals surface area contributed by atoms with Crippen molar-refractivity contribution in [2.75, 3.05) is 26.8 Å². The van der Waals surface area contributed by atoms with Crippen molar-refractivity contribution in [1.29, 1.82) is 0 Å². The molecule has 1 saturated heterocycles. The average Bonchev–Trinajstić information content (AvgIpc) is 2.20. The lowest BCUT2D eigenvalue weighted by atomic mass is 9.97. The number of hydrogen-bond acceptors (Lipinski definition) is 3. The largest absolute Gasteiger partial charge is 0.396 e. The Balaban J connectivity index is 0.000000561. The van der Waals surface area contributed by atoms with Gasteiger partial charge in [0.25, 0.3) is 0 Å². The zero-order chi connectivity index (χ0) is 9.40. The first kappa shape index (κ1) is 11.9. The van der Waals surface area contributed by atoms with Crippen LogP contribution in [0.1, 0.15) is 20.3 Å². The Bertz CT molecular complexity index is 86.5. The molecule has 0 saturated carbocycles. The number of rotatable bonds is 2. The summed E-state index contributed by atoms with van der Waals surface area (Å²) in [5.41, 5.74) is 0.